The molecule has 0 bridgehead atoms. The van der Waals surface area contributed by atoms with E-state index in [4.69, 9.17) is 14.7 Å². The van der Waals surface area contributed by atoms with E-state index in [1.54, 1.807) is 6.92 Å². The number of benzene rings is 1. The molecule has 1 saturated carbocycles. The number of aldehydes is 1. The molecule has 1 unspecified atom stereocenters. The van der Waals surface area contributed by atoms with Gasteiger partial charge in [-0.3, -0.25) is 24.5 Å². The van der Waals surface area contributed by atoms with Crippen LogP contribution in [0.2, 0.25) is 0 Å². The summed E-state index contributed by atoms with van der Waals surface area (Å²) in [5, 5.41) is 10.00. The first-order valence-corrected chi connectivity index (χ1v) is 14.3. The molecule has 3 N–H and O–H groups in total. The number of nitrogens with one attached hydrogen (secondary N) is 2. The van der Waals surface area contributed by atoms with Gasteiger partial charge in [-0.05, 0) is 43.7 Å². The third-order valence-electron chi connectivity index (χ3n) is 6.51. The number of ether oxygens (including phenoxy) is 1. The van der Waals surface area contributed by atoms with E-state index in [-0.39, 0.29) is 18.5 Å². The number of amides is 3. The van der Waals surface area contributed by atoms with Gasteiger partial charge in [-0.2, -0.15) is 0 Å². The first-order valence-electron chi connectivity index (χ1n) is 14.3. The molecule has 10 heteroatoms. The van der Waals surface area contributed by atoms with Crippen LogP contribution >= 0.6 is 0 Å². The molecule has 2 aliphatic rings. The molecule has 0 spiro atoms. The van der Waals surface area contributed by atoms with E-state index in [1.165, 1.54) is 24.7 Å². The molecule has 1 aliphatic heterocycles. The first-order chi connectivity index (χ1) is 19.2. The maximum atomic E-state index is 11.4. The number of likely N-dealkylation sites (N-methyl/N-ethyl adjacent to an activating group) is 1. The van der Waals surface area contributed by atoms with Gasteiger partial charge in [0.25, 0.3) is 0 Å². The molecular weight excluding hydrogens is 512 g/mol. The van der Waals surface area contributed by atoms with E-state index in [1.807, 2.05) is 42.3 Å². The molecule has 1 aliphatic carbocycles. The van der Waals surface area contributed by atoms with Crippen LogP contribution in [0.15, 0.2) is 30.3 Å². The van der Waals surface area contributed by atoms with Gasteiger partial charge in [0.15, 0.2) is 0 Å². The minimum absolute atomic E-state index is 0.141. The van der Waals surface area contributed by atoms with E-state index in [2.05, 4.69) is 31.0 Å². The Bertz CT molecular complexity index is 781. The number of piperidine rings is 1. The highest BCUT2D eigenvalue weighted by Gasteiger charge is 2.25. The van der Waals surface area contributed by atoms with E-state index in [9.17, 15) is 14.4 Å². The molecule has 3 rings (SSSR count). The van der Waals surface area contributed by atoms with Gasteiger partial charge in [0.05, 0.1) is 6.61 Å². The molecule has 0 radical (unpaired) electrons. The van der Waals surface area contributed by atoms with Crippen molar-refractivity contribution in [1.29, 1.82) is 0 Å². The summed E-state index contributed by atoms with van der Waals surface area (Å²) in [6.07, 6.45) is 9.49. The fourth-order valence-electron chi connectivity index (χ4n) is 4.12. The van der Waals surface area contributed by atoms with E-state index < -0.39 is 0 Å². The van der Waals surface area contributed by atoms with Gasteiger partial charge in [0.1, 0.15) is 12.5 Å². The number of nitrogens with zero attached hydrogens (tertiary/aromatic N) is 2. The maximum absolute atomic E-state index is 11.4. The van der Waals surface area contributed by atoms with Crippen LogP contribution in [0.3, 0.4) is 0 Å². The lowest BCUT2D eigenvalue weighted by molar-refractivity contribution is -0.130. The Hall–Kier alpha value is -2.82. The first kappa shape index (κ1) is 37.2. The molecule has 40 heavy (non-hydrogen) atoms. The van der Waals surface area contributed by atoms with Gasteiger partial charge >= 0.3 is 0 Å². The Kier molecular flexibility index (Phi) is 22.3. The zero-order valence-electron chi connectivity index (χ0n) is 25.1. The largest absolute Gasteiger partial charge is 0.352 e. The van der Waals surface area contributed by atoms with Crippen molar-refractivity contribution in [2.24, 2.45) is 11.8 Å². The van der Waals surface area contributed by atoms with Crippen molar-refractivity contribution in [2.75, 3.05) is 26.7 Å². The summed E-state index contributed by atoms with van der Waals surface area (Å²) < 4.78 is 5.84. The molecule has 0 aromatic heterocycles. The summed E-state index contributed by atoms with van der Waals surface area (Å²) in [6, 6.07) is 10.3. The van der Waals surface area contributed by atoms with Crippen LogP contribution in [0, 0.1) is 11.8 Å². The summed E-state index contributed by atoms with van der Waals surface area (Å²) in [6.45, 7) is 10.8. The molecule has 1 saturated heterocycles. The van der Waals surface area contributed by atoms with Crippen LogP contribution in [-0.4, -0.2) is 79.0 Å². The molecule has 1 heterocycles. The molecule has 2 fully saturated rings. The molecule has 3 amide bonds. The molecular formula is C30H52N4O6. The van der Waals surface area contributed by atoms with E-state index >= 15 is 0 Å². The average Bonchev–Trinajstić information content (AvgIpc) is 2.92. The van der Waals surface area contributed by atoms with Crippen molar-refractivity contribution in [2.45, 2.75) is 91.5 Å². The summed E-state index contributed by atoms with van der Waals surface area (Å²) in [4.78, 5) is 45.0. The number of hydroxylamine groups is 1. The monoisotopic (exact) mass is 564 g/mol. The quantitative estimate of drug-likeness (QED) is 0.153. The Morgan fingerprint density at radius 3 is 2.08 bits per heavy atom. The second kappa shape index (κ2) is 24.0. The van der Waals surface area contributed by atoms with Crippen molar-refractivity contribution in [3.63, 3.8) is 0 Å². The zero-order valence-corrected chi connectivity index (χ0v) is 25.1. The summed E-state index contributed by atoms with van der Waals surface area (Å²) in [7, 11) is 2.04. The Labute approximate surface area is 240 Å². The summed E-state index contributed by atoms with van der Waals surface area (Å²) >= 11 is 0. The van der Waals surface area contributed by atoms with Crippen molar-refractivity contribution in [3.05, 3.63) is 35.9 Å². The second-order valence-electron chi connectivity index (χ2n) is 10.8. The SMILES string of the molecule is CC(=O)N1CCC(N(C)CC(NC=O)OCc2ccccc2)CC1.CC(C)C.O=CCCC1CCC1.O=CNO. The minimum atomic E-state index is -0.349. The third kappa shape index (κ3) is 19.3. The highest BCUT2D eigenvalue weighted by atomic mass is 16.5. The topological polar surface area (TPSA) is 128 Å². The number of carbonyl (C=O) groups excluding carboxylic acids is 4. The van der Waals surface area contributed by atoms with Gasteiger partial charge in [-0.25, -0.2) is 5.48 Å². The van der Waals surface area contributed by atoms with E-state index in [0.717, 1.165) is 62.5 Å². The normalized spacial score (nSPS) is 15.6. The number of likely N-dealkylation sites (tertiary alicyclic amines) is 1. The highest BCUT2D eigenvalue weighted by molar-refractivity contribution is 5.73. The lowest BCUT2D eigenvalue weighted by Gasteiger charge is -2.37. The Morgan fingerprint density at radius 2 is 1.65 bits per heavy atom. The third-order valence-corrected chi connectivity index (χ3v) is 6.51. The van der Waals surface area contributed by atoms with Crippen LogP contribution in [0.5, 0.6) is 0 Å². The lowest BCUT2D eigenvalue weighted by Crippen LogP contribution is -2.49. The number of hydrogen-bond acceptors (Lipinski definition) is 7. The predicted molar refractivity (Wildman–Crippen MR) is 156 cm³/mol. The van der Waals surface area contributed by atoms with Gasteiger partial charge in [-0.15, -0.1) is 0 Å². The van der Waals surface area contributed by atoms with Gasteiger partial charge in [0.2, 0.25) is 18.7 Å². The number of hydrogen-bond donors (Lipinski definition) is 3. The number of carbonyl (C=O) groups is 4. The highest BCUT2D eigenvalue weighted by Crippen LogP contribution is 2.29. The van der Waals surface area contributed by atoms with Crippen molar-refractivity contribution >= 4 is 25.0 Å². The Morgan fingerprint density at radius 1 is 1.07 bits per heavy atom. The van der Waals surface area contributed by atoms with Crippen LogP contribution in [-0.2, 0) is 30.5 Å². The zero-order chi connectivity index (χ0) is 30.2. The average molecular weight is 565 g/mol. The lowest BCUT2D eigenvalue weighted by atomic mass is 9.82. The maximum Gasteiger partial charge on any atom is 0.230 e. The molecule has 1 aromatic carbocycles. The van der Waals surface area contributed by atoms with Crippen molar-refractivity contribution < 1.29 is 29.1 Å². The summed E-state index contributed by atoms with van der Waals surface area (Å²) in [5.74, 6) is 1.88. The molecule has 228 valence electrons. The molecule has 10 nitrogen and oxygen atoms in total. The summed E-state index contributed by atoms with van der Waals surface area (Å²) in [5.41, 5.74) is 2.33. The molecule has 1 aromatic rings. The van der Waals surface area contributed by atoms with Crippen LogP contribution in [0.25, 0.3) is 0 Å². The minimum Gasteiger partial charge on any atom is -0.352 e. The van der Waals surface area contributed by atoms with Crippen molar-refractivity contribution in [3.8, 4) is 0 Å². The van der Waals surface area contributed by atoms with Gasteiger partial charge in [0, 0.05) is 39.0 Å². The fourth-order valence-corrected chi connectivity index (χ4v) is 4.12. The standard InChI is InChI=1S/C18H27N3O3.C7H12O.C4H10.CH3NO2/c1-15(23)21-10-8-17(9-11-21)20(2)12-18(19-14-22)24-13-16-6-4-3-5-7-16;8-6-2-5-7-3-1-4-7;1-4(2)3;3-1-2-4/h3-7,14,17-18H,8-13H2,1-2H3,(H,19,22);6-7H,1-5H2;4H,1-3H3;1,4H,(H,2,3). The Balaban J connectivity index is 0.000000772. The number of rotatable bonds is 12. The van der Waals surface area contributed by atoms with Crippen LogP contribution < -0.4 is 10.8 Å². The van der Waals surface area contributed by atoms with Crippen LogP contribution in [0.1, 0.15) is 78.2 Å². The van der Waals surface area contributed by atoms with Gasteiger partial charge in [-0.1, -0.05) is 70.4 Å². The van der Waals surface area contributed by atoms with Gasteiger partial charge < -0.3 is 19.7 Å². The predicted octanol–water partition coefficient (Wildman–Crippen LogP) is 3.77. The van der Waals surface area contributed by atoms with Crippen LogP contribution in [0.4, 0.5) is 0 Å². The molecule has 1 atom stereocenters. The smallest absolute Gasteiger partial charge is 0.230 e. The van der Waals surface area contributed by atoms with E-state index in [0.29, 0.717) is 25.6 Å². The fraction of sp³-hybridized carbons (Fsp3) is 0.667. The van der Waals surface area contributed by atoms with Crippen molar-refractivity contribution in [1.82, 2.24) is 20.6 Å². The second-order valence-corrected chi connectivity index (χ2v) is 10.8.